The molecule has 0 aliphatic rings. The van der Waals surface area contributed by atoms with Gasteiger partial charge in [0.25, 0.3) is 0 Å². The second-order valence-electron chi connectivity index (χ2n) is 6.63. The van der Waals surface area contributed by atoms with E-state index in [2.05, 4.69) is 27.6 Å². The highest BCUT2D eigenvalue weighted by Crippen LogP contribution is 2.19. The van der Waals surface area contributed by atoms with Crippen LogP contribution in [0, 0.1) is 0 Å². The van der Waals surface area contributed by atoms with Crippen molar-refractivity contribution in [3.8, 4) is 0 Å². The zero-order chi connectivity index (χ0) is 17.4. The molecule has 0 unspecified atom stereocenters. The molecule has 130 valence electrons. The number of hydrogen-bond acceptors (Lipinski definition) is 5. The number of aryl methyl sites for hydroxylation is 1. The van der Waals surface area contributed by atoms with Crippen LogP contribution in [0.3, 0.4) is 0 Å². The van der Waals surface area contributed by atoms with Gasteiger partial charge in [-0.2, -0.15) is 4.98 Å². The third-order valence-corrected chi connectivity index (χ3v) is 4.46. The summed E-state index contributed by atoms with van der Waals surface area (Å²) in [5, 5.41) is 6.89. The molecule has 0 radical (unpaired) electrons. The Bertz CT molecular complexity index is 635. The molecule has 1 N–H and O–H groups in total. The topological polar surface area (TPSA) is 68.0 Å². The Kier molecular flexibility index (Phi) is 6.85. The van der Waals surface area contributed by atoms with Gasteiger partial charge in [-0.15, -0.1) is 11.8 Å². The Labute approximate surface area is 147 Å². The van der Waals surface area contributed by atoms with Crippen LogP contribution in [-0.4, -0.2) is 28.3 Å². The van der Waals surface area contributed by atoms with Crippen LogP contribution in [0.1, 0.15) is 45.3 Å². The lowest BCUT2D eigenvalue weighted by Gasteiger charge is -2.10. The summed E-state index contributed by atoms with van der Waals surface area (Å²) in [4.78, 5) is 17.4. The van der Waals surface area contributed by atoms with E-state index in [1.807, 2.05) is 39.0 Å². The Hall–Kier alpha value is -1.82. The summed E-state index contributed by atoms with van der Waals surface area (Å²) >= 11 is 1.80. The highest BCUT2D eigenvalue weighted by Gasteiger charge is 2.21. The highest BCUT2D eigenvalue weighted by molar-refractivity contribution is 7.99. The number of thioether (sulfide) groups is 1. The summed E-state index contributed by atoms with van der Waals surface area (Å²) in [6.45, 7) is 6.78. The molecule has 5 nitrogen and oxygen atoms in total. The van der Waals surface area contributed by atoms with Crippen LogP contribution in [-0.2, 0) is 16.6 Å². The van der Waals surface area contributed by atoms with E-state index in [0.29, 0.717) is 31.1 Å². The highest BCUT2D eigenvalue weighted by atomic mass is 32.2. The van der Waals surface area contributed by atoms with Gasteiger partial charge in [-0.1, -0.05) is 44.1 Å². The molecule has 0 bridgehead atoms. The molecule has 6 heteroatoms. The van der Waals surface area contributed by atoms with Crippen LogP contribution < -0.4 is 5.32 Å². The Morgan fingerprint density at radius 1 is 1.25 bits per heavy atom. The van der Waals surface area contributed by atoms with Gasteiger partial charge in [0.15, 0.2) is 5.82 Å². The molecule has 0 atom stereocenters. The SMILES string of the molecule is CC(C)(C)c1noc(CCC(=O)NCCCSc2ccccc2)n1. The minimum absolute atomic E-state index is 0.0234. The number of nitrogens with one attached hydrogen (secondary N) is 1. The number of carbonyl (C=O) groups is 1. The first-order valence-electron chi connectivity index (χ1n) is 8.23. The molecule has 1 aromatic carbocycles. The van der Waals surface area contributed by atoms with E-state index in [0.717, 1.165) is 12.2 Å². The number of aromatic nitrogens is 2. The second kappa shape index (κ2) is 8.87. The first-order chi connectivity index (χ1) is 11.4. The molecule has 0 saturated heterocycles. The largest absolute Gasteiger partial charge is 0.356 e. The fourth-order valence-electron chi connectivity index (χ4n) is 1.98. The number of carbonyl (C=O) groups excluding carboxylic acids is 1. The Morgan fingerprint density at radius 2 is 2.00 bits per heavy atom. The smallest absolute Gasteiger partial charge is 0.227 e. The summed E-state index contributed by atoms with van der Waals surface area (Å²) in [5.41, 5.74) is -0.138. The van der Waals surface area contributed by atoms with Crippen LogP contribution >= 0.6 is 11.8 Å². The van der Waals surface area contributed by atoms with Crippen molar-refractivity contribution >= 4 is 17.7 Å². The minimum atomic E-state index is -0.138. The van der Waals surface area contributed by atoms with Crippen molar-refractivity contribution in [3.63, 3.8) is 0 Å². The standard InChI is InChI=1S/C18H25N3O2S/c1-18(2,3)17-20-16(23-21-17)11-10-15(22)19-12-7-13-24-14-8-5-4-6-9-14/h4-6,8-9H,7,10-13H2,1-3H3,(H,19,22). The lowest BCUT2D eigenvalue weighted by atomic mass is 9.96. The van der Waals surface area contributed by atoms with Crippen molar-refractivity contribution < 1.29 is 9.32 Å². The van der Waals surface area contributed by atoms with Gasteiger partial charge in [0, 0.05) is 29.7 Å². The molecule has 0 spiro atoms. The van der Waals surface area contributed by atoms with Crippen LogP contribution in [0.2, 0.25) is 0 Å². The average molecular weight is 347 g/mol. The van der Waals surface area contributed by atoms with Gasteiger partial charge < -0.3 is 9.84 Å². The molecule has 24 heavy (non-hydrogen) atoms. The van der Waals surface area contributed by atoms with Crippen molar-refractivity contribution in [1.82, 2.24) is 15.5 Å². The number of rotatable bonds is 8. The number of nitrogens with zero attached hydrogens (tertiary/aromatic N) is 2. The van der Waals surface area contributed by atoms with Crippen LogP contribution in [0.15, 0.2) is 39.8 Å². The van der Waals surface area contributed by atoms with E-state index < -0.39 is 0 Å². The fraction of sp³-hybridized carbons (Fsp3) is 0.500. The molecule has 0 saturated carbocycles. The Morgan fingerprint density at radius 3 is 2.67 bits per heavy atom. The molecule has 2 aromatic rings. The van der Waals surface area contributed by atoms with Crippen molar-refractivity contribution in [2.75, 3.05) is 12.3 Å². The predicted octanol–water partition coefficient (Wildman–Crippen LogP) is 3.60. The summed E-state index contributed by atoms with van der Waals surface area (Å²) < 4.78 is 5.19. The van der Waals surface area contributed by atoms with Crippen LogP contribution in [0.5, 0.6) is 0 Å². The summed E-state index contributed by atoms with van der Waals surface area (Å²) in [5.74, 6) is 2.21. The lowest BCUT2D eigenvalue weighted by molar-refractivity contribution is -0.121. The number of amides is 1. The molecule has 0 aliphatic heterocycles. The molecule has 2 rings (SSSR count). The zero-order valence-corrected chi connectivity index (χ0v) is 15.4. The molecule has 1 aromatic heterocycles. The van der Waals surface area contributed by atoms with Gasteiger partial charge in [-0.25, -0.2) is 0 Å². The third kappa shape index (κ3) is 6.35. The molecule has 0 aliphatic carbocycles. The zero-order valence-electron chi connectivity index (χ0n) is 14.5. The first kappa shape index (κ1) is 18.5. The van der Waals surface area contributed by atoms with Crippen LogP contribution in [0.25, 0.3) is 0 Å². The van der Waals surface area contributed by atoms with Crippen molar-refractivity contribution in [1.29, 1.82) is 0 Å². The monoisotopic (exact) mass is 347 g/mol. The maximum atomic E-state index is 11.8. The second-order valence-corrected chi connectivity index (χ2v) is 7.80. The molecule has 0 fully saturated rings. The van der Waals surface area contributed by atoms with E-state index in [9.17, 15) is 4.79 Å². The van der Waals surface area contributed by atoms with Crippen molar-refractivity contribution in [2.45, 2.75) is 50.3 Å². The minimum Gasteiger partial charge on any atom is -0.356 e. The number of benzene rings is 1. The molecular weight excluding hydrogens is 322 g/mol. The predicted molar refractivity (Wildman–Crippen MR) is 96.1 cm³/mol. The fourth-order valence-corrected chi connectivity index (χ4v) is 2.85. The molecular formula is C18H25N3O2S. The summed E-state index contributed by atoms with van der Waals surface area (Å²) in [6, 6.07) is 10.3. The van der Waals surface area contributed by atoms with Crippen molar-refractivity contribution in [2.24, 2.45) is 0 Å². The number of hydrogen-bond donors (Lipinski definition) is 1. The van der Waals surface area contributed by atoms with Gasteiger partial charge in [-0.05, 0) is 24.3 Å². The van der Waals surface area contributed by atoms with Gasteiger partial charge in [0.1, 0.15) is 0 Å². The van der Waals surface area contributed by atoms with Gasteiger partial charge >= 0.3 is 0 Å². The average Bonchev–Trinajstić information content (AvgIpc) is 3.03. The van der Waals surface area contributed by atoms with E-state index >= 15 is 0 Å². The van der Waals surface area contributed by atoms with E-state index in [4.69, 9.17) is 4.52 Å². The normalized spacial score (nSPS) is 11.5. The van der Waals surface area contributed by atoms with Crippen molar-refractivity contribution in [3.05, 3.63) is 42.0 Å². The van der Waals surface area contributed by atoms with Gasteiger partial charge in [0.05, 0.1) is 0 Å². The van der Waals surface area contributed by atoms with Gasteiger partial charge in [0.2, 0.25) is 11.8 Å². The maximum absolute atomic E-state index is 11.8. The molecule has 1 heterocycles. The summed E-state index contributed by atoms with van der Waals surface area (Å²) in [7, 11) is 0. The lowest BCUT2D eigenvalue weighted by Crippen LogP contribution is -2.25. The molecule has 1 amide bonds. The van der Waals surface area contributed by atoms with Crippen LogP contribution in [0.4, 0.5) is 0 Å². The van der Waals surface area contributed by atoms with E-state index in [-0.39, 0.29) is 11.3 Å². The maximum Gasteiger partial charge on any atom is 0.227 e. The van der Waals surface area contributed by atoms with Gasteiger partial charge in [-0.3, -0.25) is 4.79 Å². The first-order valence-corrected chi connectivity index (χ1v) is 9.21. The summed E-state index contributed by atoms with van der Waals surface area (Å²) in [6.07, 6.45) is 1.80. The third-order valence-electron chi connectivity index (χ3n) is 3.36. The van der Waals surface area contributed by atoms with E-state index in [1.54, 1.807) is 11.8 Å². The Balaban J connectivity index is 1.59. The van der Waals surface area contributed by atoms with E-state index in [1.165, 1.54) is 4.90 Å². The quantitative estimate of drug-likeness (QED) is 0.584.